The van der Waals surface area contributed by atoms with Crippen molar-refractivity contribution in [2.75, 3.05) is 0 Å². The molecule has 4 heteroatoms. The highest BCUT2D eigenvalue weighted by molar-refractivity contribution is 7.99. The molecule has 1 aliphatic carbocycles. The largest absolute Gasteiger partial charge is 0.208 e. The number of hydrogen-bond donors (Lipinski definition) is 0. The Labute approximate surface area is 318 Å². The van der Waals surface area contributed by atoms with Crippen molar-refractivity contribution in [2.24, 2.45) is 0 Å². The van der Waals surface area contributed by atoms with Crippen LogP contribution in [0.5, 0.6) is 0 Å². The van der Waals surface area contributed by atoms with Crippen LogP contribution in [0.2, 0.25) is 0 Å². The third-order valence-corrected chi connectivity index (χ3v) is 12.2. The molecule has 0 saturated carbocycles. The zero-order valence-electron chi connectivity index (χ0n) is 29.1. The molecular formula is C50H31N3S. The van der Waals surface area contributed by atoms with E-state index in [1.807, 2.05) is 30.0 Å². The van der Waals surface area contributed by atoms with Crippen molar-refractivity contribution in [2.45, 2.75) is 15.2 Å². The average molecular weight is 706 g/mol. The van der Waals surface area contributed by atoms with Crippen LogP contribution in [-0.4, -0.2) is 15.0 Å². The van der Waals surface area contributed by atoms with Crippen LogP contribution in [0, 0.1) is 0 Å². The molecule has 252 valence electrons. The zero-order chi connectivity index (χ0) is 35.6. The Bertz CT molecular complexity index is 2880. The molecule has 0 fully saturated rings. The maximum absolute atomic E-state index is 5.34. The highest BCUT2D eigenvalue weighted by Gasteiger charge is 2.50. The van der Waals surface area contributed by atoms with E-state index in [-0.39, 0.29) is 0 Å². The maximum Gasteiger partial charge on any atom is 0.164 e. The summed E-state index contributed by atoms with van der Waals surface area (Å²) in [6.45, 7) is 0. The van der Waals surface area contributed by atoms with E-state index in [2.05, 4.69) is 170 Å². The van der Waals surface area contributed by atoms with E-state index < -0.39 is 5.41 Å². The van der Waals surface area contributed by atoms with E-state index >= 15 is 0 Å². The molecule has 1 spiro atoms. The van der Waals surface area contributed by atoms with Gasteiger partial charge in [0.25, 0.3) is 0 Å². The monoisotopic (exact) mass is 705 g/mol. The molecule has 0 N–H and O–H groups in total. The Hall–Kier alpha value is -6.62. The molecule has 1 aromatic heterocycles. The normalized spacial score (nSPS) is 13.3. The van der Waals surface area contributed by atoms with Crippen LogP contribution < -0.4 is 0 Å². The molecular weight excluding hydrogens is 675 g/mol. The van der Waals surface area contributed by atoms with Gasteiger partial charge in [0.05, 0.1) is 5.41 Å². The molecule has 0 atom stereocenters. The summed E-state index contributed by atoms with van der Waals surface area (Å²) in [5.41, 5.74) is 12.2. The summed E-state index contributed by atoms with van der Waals surface area (Å²) in [5, 5.41) is 2.43. The topological polar surface area (TPSA) is 38.7 Å². The predicted octanol–water partition coefficient (Wildman–Crippen LogP) is 12.5. The van der Waals surface area contributed by atoms with E-state index in [4.69, 9.17) is 15.0 Å². The average Bonchev–Trinajstić information content (AvgIpc) is 3.54. The van der Waals surface area contributed by atoms with Crippen LogP contribution in [0.1, 0.15) is 22.3 Å². The van der Waals surface area contributed by atoms with Gasteiger partial charge in [0, 0.05) is 26.5 Å². The van der Waals surface area contributed by atoms with E-state index in [0.29, 0.717) is 17.5 Å². The van der Waals surface area contributed by atoms with Gasteiger partial charge >= 0.3 is 0 Å². The van der Waals surface area contributed by atoms with Crippen molar-refractivity contribution in [3.8, 4) is 56.4 Å². The first kappa shape index (κ1) is 31.0. The van der Waals surface area contributed by atoms with Crippen LogP contribution in [0.4, 0.5) is 0 Å². The van der Waals surface area contributed by atoms with Gasteiger partial charge in [0.1, 0.15) is 0 Å². The predicted molar refractivity (Wildman–Crippen MR) is 221 cm³/mol. The van der Waals surface area contributed by atoms with Gasteiger partial charge in [-0.05, 0) is 73.5 Å². The quantitative estimate of drug-likeness (QED) is 0.183. The first-order chi connectivity index (χ1) is 26.8. The minimum atomic E-state index is -0.481. The lowest BCUT2D eigenvalue weighted by Gasteiger charge is -2.39. The highest BCUT2D eigenvalue weighted by atomic mass is 32.2. The summed E-state index contributed by atoms with van der Waals surface area (Å²) in [4.78, 5) is 18.3. The summed E-state index contributed by atoms with van der Waals surface area (Å²) < 4.78 is 0. The molecule has 0 bridgehead atoms. The highest BCUT2D eigenvalue weighted by Crippen LogP contribution is 2.63. The molecule has 3 nitrogen and oxygen atoms in total. The Balaban J connectivity index is 1.16. The van der Waals surface area contributed by atoms with Gasteiger partial charge in [-0.15, -0.1) is 0 Å². The number of benzene rings is 8. The summed E-state index contributed by atoms with van der Waals surface area (Å²) in [5.74, 6) is 1.95. The van der Waals surface area contributed by atoms with Crippen molar-refractivity contribution in [1.82, 2.24) is 15.0 Å². The number of nitrogens with zero attached hydrogens (tertiary/aromatic N) is 3. The molecule has 1 aliphatic heterocycles. The standard InChI is InChI=1S/C50H31N3S/c1-2-16-33(17-3-1)47-51-48(35-20-12-19-34(31-35)37-23-13-18-32-15-4-5-21-36(32)37)53-49(52-47)39-24-14-28-43-46(39)38-22-6-7-25-40(38)50(43)41-26-8-10-29-44(41)54-45-30-11-9-27-42(45)50/h1-31H. The van der Waals surface area contributed by atoms with E-state index in [1.165, 1.54) is 59.5 Å². The van der Waals surface area contributed by atoms with Gasteiger partial charge in [0.15, 0.2) is 17.5 Å². The van der Waals surface area contributed by atoms with Gasteiger partial charge in [0.2, 0.25) is 0 Å². The van der Waals surface area contributed by atoms with Gasteiger partial charge in [-0.2, -0.15) is 0 Å². The minimum absolute atomic E-state index is 0.481. The molecule has 2 heterocycles. The second kappa shape index (κ2) is 12.2. The summed E-state index contributed by atoms with van der Waals surface area (Å²) in [6, 6.07) is 67.3. The Morgan fingerprint density at radius 2 is 0.870 bits per heavy atom. The summed E-state index contributed by atoms with van der Waals surface area (Å²) >= 11 is 1.86. The second-order valence-corrected chi connectivity index (χ2v) is 15.0. The number of rotatable bonds is 4. The van der Waals surface area contributed by atoms with E-state index in [9.17, 15) is 0 Å². The molecule has 54 heavy (non-hydrogen) atoms. The van der Waals surface area contributed by atoms with Crippen molar-refractivity contribution in [3.63, 3.8) is 0 Å². The molecule has 0 amide bonds. The lowest BCUT2D eigenvalue weighted by Crippen LogP contribution is -2.31. The first-order valence-corrected chi connectivity index (χ1v) is 19.1. The number of hydrogen-bond acceptors (Lipinski definition) is 4. The van der Waals surface area contributed by atoms with E-state index in [0.717, 1.165) is 22.3 Å². The minimum Gasteiger partial charge on any atom is -0.208 e. The lowest BCUT2D eigenvalue weighted by atomic mass is 9.67. The summed E-state index contributed by atoms with van der Waals surface area (Å²) in [6.07, 6.45) is 0. The number of fused-ring (bicyclic) bond motifs is 10. The molecule has 0 unspecified atom stereocenters. The van der Waals surface area contributed by atoms with Crippen molar-refractivity contribution < 1.29 is 0 Å². The smallest absolute Gasteiger partial charge is 0.164 e. The maximum atomic E-state index is 5.34. The van der Waals surface area contributed by atoms with E-state index in [1.54, 1.807) is 0 Å². The van der Waals surface area contributed by atoms with Crippen LogP contribution in [0.25, 0.3) is 67.2 Å². The van der Waals surface area contributed by atoms with Crippen molar-refractivity contribution >= 4 is 22.5 Å². The van der Waals surface area contributed by atoms with Gasteiger partial charge in [-0.1, -0.05) is 182 Å². The third-order valence-electron chi connectivity index (χ3n) is 11.0. The van der Waals surface area contributed by atoms with Crippen LogP contribution in [-0.2, 0) is 5.41 Å². The molecule has 0 radical (unpaired) electrons. The Kier molecular flexibility index (Phi) is 7.01. The van der Waals surface area contributed by atoms with Gasteiger partial charge in [-0.25, -0.2) is 15.0 Å². The zero-order valence-corrected chi connectivity index (χ0v) is 30.0. The Morgan fingerprint density at radius 1 is 0.352 bits per heavy atom. The molecule has 2 aliphatic rings. The van der Waals surface area contributed by atoms with Crippen molar-refractivity contribution in [1.29, 1.82) is 0 Å². The van der Waals surface area contributed by atoms with Gasteiger partial charge in [-0.3, -0.25) is 0 Å². The molecule has 9 aromatic rings. The fourth-order valence-corrected chi connectivity index (χ4v) is 9.93. The number of aromatic nitrogens is 3. The van der Waals surface area contributed by atoms with Crippen LogP contribution in [0.3, 0.4) is 0 Å². The molecule has 0 saturated heterocycles. The first-order valence-electron chi connectivity index (χ1n) is 18.3. The van der Waals surface area contributed by atoms with Gasteiger partial charge < -0.3 is 0 Å². The molecule has 11 rings (SSSR count). The molecule has 8 aromatic carbocycles. The summed E-state index contributed by atoms with van der Waals surface area (Å²) in [7, 11) is 0. The fraction of sp³-hybridized carbons (Fsp3) is 0.0200. The fourth-order valence-electron chi connectivity index (χ4n) is 8.73. The third kappa shape index (κ3) is 4.60. The van der Waals surface area contributed by atoms with Crippen LogP contribution >= 0.6 is 11.8 Å². The SMILES string of the molecule is c1ccc(-c2nc(-c3cccc(-c4cccc5ccccc45)c3)nc(-c3cccc4c3-c3ccccc3C43c4ccccc4Sc4ccccc43)n2)cc1. The second-order valence-electron chi connectivity index (χ2n) is 13.9. The van der Waals surface area contributed by atoms with Crippen LogP contribution in [0.15, 0.2) is 198 Å². The van der Waals surface area contributed by atoms with Crippen molar-refractivity contribution in [3.05, 3.63) is 210 Å². The lowest BCUT2D eigenvalue weighted by molar-refractivity contribution is 0.722. The Morgan fingerprint density at radius 3 is 1.69 bits per heavy atom.